The van der Waals surface area contributed by atoms with Crippen molar-refractivity contribution in [3.05, 3.63) is 35.5 Å². The predicted octanol–water partition coefficient (Wildman–Crippen LogP) is 3.86. The molecule has 19 heavy (non-hydrogen) atoms. The number of aromatic amines is 1. The molecule has 0 amide bonds. The summed E-state index contributed by atoms with van der Waals surface area (Å²) in [6, 6.07) is 9.45. The number of rotatable bonds is 1. The number of benzene rings is 1. The molecule has 1 unspecified atom stereocenters. The molecule has 1 aliphatic heterocycles. The monoisotopic (exact) mass is 254 g/mol. The third kappa shape index (κ3) is 1.59. The first-order chi connectivity index (χ1) is 9.32. The SMILES string of the molecule is CCC1Cc2c([nH]c3ccccc23)C2(CCCC2)N1. The maximum absolute atomic E-state index is 3.96. The first-order valence-electron chi connectivity index (χ1n) is 7.70. The van der Waals surface area contributed by atoms with Crippen LogP contribution in [0, 0.1) is 0 Å². The van der Waals surface area contributed by atoms with E-state index in [1.54, 1.807) is 5.56 Å². The summed E-state index contributed by atoms with van der Waals surface area (Å²) in [5.41, 5.74) is 4.64. The zero-order chi connectivity index (χ0) is 12.9. The van der Waals surface area contributed by atoms with E-state index in [1.807, 2.05) is 0 Å². The molecule has 2 heteroatoms. The largest absolute Gasteiger partial charge is 0.357 e. The van der Waals surface area contributed by atoms with Crippen molar-refractivity contribution >= 4 is 10.9 Å². The molecule has 0 bridgehead atoms. The van der Waals surface area contributed by atoms with Gasteiger partial charge < -0.3 is 10.3 Å². The van der Waals surface area contributed by atoms with Gasteiger partial charge in [-0.15, -0.1) is 0 Å². The van der Waals surface area contributed by atoms with E-state index >= 15 is 0 Å². The van der Waals surface area contributed by atoms with Crippen molar-refractivity contribution in [2.75, 3.05) is 0 Å². The van der Waals surface area contributed by atoms with Gasteiger partial charge in [0.1, 0.15) is 0 Å². The van der Waals surface area contributed by atoms with Gasteiger partial charge in [0.15, 0.2) is 0 Å². The second kappa shape index (κ2) is 4.11. The summed E-state index contributed by atoms with van der Waals surface area (Å²) in [5, 5.41) is 5.41. The zero-order valence-corrected chi connectivity index (χ0v) is 11.6. The number of fused-ring (bicyclic) bond motifs is 4. The molecule has 1 aromatic carbocycles. The Morgan fingerprint density at radius 1 is 1.21 bits per heavy atom. The Morgan fingerprint density at radius 2 is 2.00 bits per heavy atom. The van der Waals surface area contributed by atoms with Crippen molar-refractivity contribution in [3.63, 3.8) is 0 Å². The van der Waals surface area contributed by atoms with E-state index in [9.17, 15) is 0 Å². The molecule has 2 N–H and O–H groups in total. The van der Waals surface area contributed by atoms with Gasteiger partial charge in [0, 0.05) is 22.6 Å². The highest BCUT2D eigenvalue weighted by Crippen LogP contribution is 2.45. The molecule has 0 radical (unpaired) electrons. The van der Waals surface area contributed by atoms with Crippen LogP contribution in [-0.4, -0.2) is 11.0 Å². The minimum Gasteiger partial charge on any atom is -0.357 e. The van der Waals surface area contributed by atoms with E-state index in [4.69, 9.17) is 0 Å². The van der Waals surface area contributed by atoms with Gasteiger partial charge in [-0.2, -0.15) is 0 Å². The normalized spacial score (nSPS) is 25.0. The molecule has 4 rings (SSSR count). The van der Waals surface area contributed by atoms with E-state index in [1.165, 1.54) is 55.1 Å². The molecule has 2 heterocycles. The van der Waals surface area contributed by atoms with E-state index in [2.05, 4.69) is 41.5 Å². The molecule has 100 valence electrons. The topological polar surface area (TPSA) is 27.8 Å². The van der Waals surface area contributed by atoms with Crippen LogP contribution < -0.4 is 5.32 Å². The van der Waals surface area contributed by atoms with E-state index in [0.717, 1.165) is 0 Å². The van der Waals surface area contributed by atoms with E-state index < -0.39 is 0 Å². The van der Waals surface area contributed by atoms with Crippen LogP contribution in [0.1, 0.15) is 50.3 Å². The fourth-order valence-corrected chi connectivity index (χ4v) is 4.20. The second-order valence-corrected chi connectivity index (χ2v) is 6.27. The van der Waals surface area contributed by atoms with E-state index in [0.29, 0.717) is 6.04 Å². The summed E-state index contributed by atoms with van der Waals surface area (Å²) in [4.78, 5) is 3.73. The molecule has 2 aromatic rings. The molecular formula is C17H22N2. The third-order valence-corrected chi connectivity index (χ3v) is 5.17. The average molecular weight is 254 g/mol. The molecule has 2 aliphatic rings. The summed E-state index contributed by atoms with van der Waals surface area (Å²) >= 11 is 0. The molecule has 1 fully saturated rings. The Labute approximate surface area is 114 Å². The van der Waals surface area contributed by atoms with Gasteiger partial charge in [-0.25, -0.2) is 0 Å². The molecule has 0 saturated heterocycles. The number of hydrogen-bond donors (Lipinski definition) is 2. The van der Waals surface area contributed by atoms with Gasteiger partial charge in [0.25, 0.3) is 0 Å². The van der Waals surface area contributed by atoms with Gasteiger partial charge in [0.2, 0.25) is 0 Å². The van der Waals surface area contributed by atoms with Gasteiger partial charge >= 0.3 is 0 Å². The molecule has 1 aliphatic carbocycles. The van der Waals surface area contributed by atoms with Crippen molar-refractivity contribution < 1.29 is 0 Å². The van der Waals surface area contributed by atoms with Crippen molar-refractivity contribution in [2.24, 2.45) is 0 Å². The maximum atomic E-state index is 3.96. The number of nitrogens with one attached hydrogen (secondary N) is 2. The summed E-state index contributed by atoms with van der Waals surface area (Å²) < 4.78 is 0. The summed E-state index contributed by atoms with van der Waals surface area (Å²) in [6.07, 6.45) is 7.71. The highest BCUT2D eigenvalue weighted by molar-refractivity contribution is 5.85. The Bertz CT molecular complexity index is 605. The average Bonchev–Trinajstić information content (AvgIpc) is 3.05. The van der Waals surface area contributed by atoms with E-state index in [-0.39, 0.29) is 5.54 Å². The van der Waals surface area contributed by atoms with Gasteiger partial charge in [-0.3, -0.25) is 0 Å². The van der Waals surface area contributed by atoms with Crippen LogP contribution in [0.15, 0.2) is 24.3 Å². The van der Waals surface area contributed by atoms with Crippen molar-refractivity contribution in [3.8, 4) is 0 Å². The molecular weight excluding hydrogens is 232 g/mol. The fraction of sp³-hybridized carbons (Fsp3) is 0.529. The fourth-order valence-electron chi connectivity index (χ4n) is 4.20. The summed E-state index contributed by atoms with van der Waals surface area (Å²) in [6.45, 7) is 2.31. The van der Waals surface area contributed by atoms with Crippen LogP contribution in [0.3, 0.4) is 0 Å². The lowest BCUT2D eigenvalue weighted by atomic mass is 9.82. The zero-order valence-electron chi connectivity index (χ0n) is 11.6. The second-order valence-electron chi connectivity index (χ2n) is 6.27. The third-order valence-electron chi connectivity index (χ3n) is 5.17. The molecule has 2 nitrogen and oxygen atoms in total. The van der Waals surface area contributed by atoms with Crippen molar-refractivity contribution in [1.82, 2.24) is 10.3 Å². The smallest absolute Gasteiger partial charge is 0.0591 e. The van der Waals surface area contributed by atoms with Crippen molar-refractivity contribution in [2.45, 2.75) is 57.0 Å². The number of aromatic nitrogens is 1. The summed E-state index contributed by atoms with van der Waals surface area (Å²) in [7, 11) is 0. The highest BCUT2D eigenvalue weighted by Gasteiger charge is 2.43. The number of hydrogen-bond acceptors (Lipinski definition) is 1. The standard InChI is InChI=1S/C17H22N2/c1-2-12-11-14-13-7-3-4-8-15(13)18-16(14)17(19-12)9-5-6-10-17/h3-4,7-8,12,18-19H,2,5-6,9-11H2,1H3. The Kier molecular flexibility index (Phi) is 2.49. The number of H-pyrrole nitrogens is 1. The first kappa shape index (κ1) is 11.5. The molecule has 1 saturated carbocycles. The maximum Gasteiger partial charge on any atom is 0.0591 e. The highest BCUT2D eigenvalue weighted by atomic mass is 15.1. The lowest BCUT2D eigenvalue weighted by molar-refractivity contribution is 0.260. The molecule has 1 atom stereocenters. The lowest BCUT2D eigenvalue weighted by Gasteiger charge is -2.39. The first-order valence-corrected chi connectivity index (χ1v) is 7.70. The quantitative estimate of drug-likeness (QED) is 0.794. The predicted molar refractivity (Wildman–Crippen MR) is 79.4 cm³/mol. The Balaban J connectivity index is 1.94. The van der Waals surface area contributed by atoms with Gasteiger partial charge in [-0.1, -0.05) is 38.0 Å². The Hall–Kier alpha value is -1.28. The number of para-hydroxylation sites is 1. The van der Waals surface area contributed by atoms with Crippen LogP contribution in [0.5, 0.6) is 0 Å². The van der Waals surface area contributed by atoms with Gasteiger partial charge in [-0.05, 0) is 37.3 Å². The van der Waals surface area contributed by atoms with Gasteiger partial charge in [0.05, 0.1) is 5.54 Å². The minimum absolute atomic E-state index is 0.243. The Morgan fingerprint density at radius 3 is 2.79 bits per heavy atom. The lowest BCUT2D eigenvalue weighted by Crippen LogP contribution is -2.51. The van der Waals surface area contributed by atoms with Crippen LogP contribution >= 0.6 is 0 Å². The molecule has 1 aromatic heterocycles. The minimum atomic E-state index is 0.243. The molecule has 1 spiro atoms. The van der Waals surface area contributed by atoms with Crippen LogP contribution in [0.25, 0.3) is 10.9 Å². The van der Waals surface area contributed by atoms with Crippen LogP contribution in [-0.2, 0) is 12.0 Å². The van der Waals surface area contributed by atoms with Crippen molar-refractivity contribution in [1.29, 1.82) is 0 Å². The van der Waals surface area contributed by atoms with Crippen LogP contribution in [0.4, 0.5) is 0 Å². The summed E-state index contributed by atoms with van der Waals surface area (Å²) in [5.74, 6) is 0. The van der Waals surface area contributed by atoms with Crippen LogP contribution in [0.2, 0.25) is 0 Å².